The maximum Gasteiger partial charge on any atom is 0.0116 e. The van der Waals surface area contributed by atoms with Gasteiger partial charge in [-0.05, 0) is 101 Å². The van der Waals surface area contributed by atoms with E-state index in [2.05, 4.69) is 82.0 Å². The van der Waals surface area contributed by atoms with Gasteiger partial charge in [0.1, 0.15) is 0 Å². The third kappa shape index (κ3) is 6.38. The topological polar surface area (TPSA) is 3.24 Å². The van der Waals surface area contributed by atoms with Crippen LogP contribution in [0.5, 0.6) is 0 Å². The fraction of sp³-hybridized carbons (Fsp3) is 0.562. The predicted octanol–water partition coefficient (Wildman–Crippen LogP) is 8.38. The van der Waals surface area contributed by atoms with Crippen LogP contribution in [0.3, 0.4) is 0 Å². The van der Waals surface area contributed by atoms with Crippen LogP contribution in [-0.2, 0) is 6.42 Å². The maximum atomic E-state index is 3.56. The van der Waals surface area contributed by atoms with Crippen LogP contribution in [-0.4, -0.2) is 37.0 Å². The molecule has 0 N–H and O–H groups in total. The molecule has 1 aromatic carbocycles. The Labute approximate surface area is 214 Å². The zero-order valence-electron chi connectivity index (χ0n) is 22.4. The molecular formula is C32H47NS. The van der Waals surface area contributed by atoms with Gasteiger partial charge >= 0.3 is 0 Å². The van der Waals surface area contributed by atoms with Crippen molar-refractivity contribution in [2.45, 2.75) is 65.2 Å². The number of rotatable bonds is 7. The molecule has 186 valence electrons. The lowest BCUT2D eigenvalue weighted by atomic mass is 9.55. The van der Waals surface area contributed by atoms with E-state index in [0.29, 0.717) is 5.41 Å². The molecule has 0 radical (unpaired) electrons. The van der Waals surface area contributed by atoms with Crippen LogP contribution in [0.15, 0.2) is 66.8 Å². The molecule has 1 nitrogen and oxygen atoms in total. The van der Waals surface area contributed by atoms with Gasteiger partial charge in [-0.25, -0.2) is 0 Å². The molecule has 0 bridgehead atoms. The van der Waals surface area contributed by atoms with Crippen molar-refractivity contribution in [2.24, 2.45) is 17.3 Å². The molecule has 34 heavy (non-hydrogen) atoms. The molecule has 0 saturated heterocycles. The van der Waals surface area contributed by atoms with Gasteiger partial charge in [-0.3, -0.25) is 0 Å². The summed E-state index contributed by atoms with van der Waals surface area (Å²) >= 11 is 2.10. The summed E-state index contributed by atoms with van der Waals surface area (Å²) in [7, 11) is 4.34. The van der Waals surface area contributed by atoms with Crippen molar-refractivity contribution in [1.29, 1.82) is 0 Å². The highest BCUT2D eigenvalue weighted by atomic mass is 32.2. The monoisotopic (exact) mass is 477 g/mol. The summed E-state index contributed by atoms with van der Waals surface area (Å²) in [6.07, 6.45) is 16.4. The van der Waals surface area contributed by atoms with Gasteiger partial charge in [0.25, 0.3) is 0 Å². The van der Waals surface area contributed by atoms with Crippen molar-refractivity contribution >= 4 is 11.8 Å². The predicted molar refractivity (Wildman–Crippen MR) is 154 cm³/mol. The molecule has 2 saturated carbocycles. The molecule has 3 aliphatic rings. The lowest BCUT2D eigenvalue weighted by Crippen LogP contribution is -2.40. The van der Waals surface area contributed by atoms with Gasteiger partial charge in [-0.1, -0.05) is 79.3 Å². The minimum atomic E-state index is 0.492. The normalized spacial score (nSPS) is 29.1. The molecule has 2 fully saturated rings. The Morgan fingerprint density at radius 2 is 1.97 bits per heavy atom. The van der Waals surface area contributed by atoms with Crippen molar-refractivity contribution in [3.8, 4) is 0 Å². The summed E-state index contributed by atoms with van der Waals surface area (Å²) in [6.45, 7) is 15.1. The van der Waals surface area contributed by atoms with Crippen molar-refractivity contribution in [1.82, 2.24) is 4.90 Å². The van der Waals surface area contributed by atoms with Crippen LogP contribution in [0, 0.1) is 24.2 Å². The number of thioether (sulfide) groups is 1. The molecule has 0 heterocycles. The number of benzene rings is 1. The third-order valence-electron chi connectivity index (χ3n) is 8.56. The van der Waals surface area contributed by atoms with Crippen molar-refractivity contribution < 1.29 is 0 Å². The first-order valence-corrected chi connectivity index (χ1v) is 14.4. The summed E-state index contributed by atoms with van der Waals surface area (Å²) in [6, 6.07) is 7.28. The molecule has 3 aliphatic carbocycles. The van der Waals surface area contributed by atoms with Crippen LogP contribution < -0.4 is 0 Å². The summed E-state index contributed by atoms with van der Waals surface area (Å²) in [5.41, 5.74) is 8.24. The first-order valence-electron chi connectivity index (χ1n) is 13.2. The van der Waals surface area contributed by atoms with E-state index >= 15 is 0 Å². The largest absolute Gasteiger partial charge is 0.309 e. The van der Waals surface area contributed by atoms with Gasteiger partial charge in [-0.2, -0.15) is 11.8 Å². The van der Waals surface area contributed by atoms with E-state index < -0.39 is 0 Å². The molecule has 2 heteroatoms. The highest BCUT2D eigenvalue weighted by Crippen LogP contribution is 2.62. The van der Waals surface area contributed by atoms with Gasteiger partial charge in [0.2, 0.25) is 0 Å². The first kappa shape index (κ1) is 27.1. The van der Waals surface area contributed by atoms with Crippen molar-refractivity contribution in [2.75, 3.05) is 32.1 Å². The quantitative estimate of drug-likeness (QED) is 0.220. The number of hydrogen-bond acceptors (Lipinski definition) is 2. The van der Waals surface area contributed by atoms with E-state index in [1.54, 1.807) is 28.9 Å². The SMILES string of the molecule is C=C/C=C(/C)C=C.Cc1ccc2c(c1)CCC1C2CCC2(C)/C(=C/CSCCN(C)C)CCC12. The standard InChI is InChI=1S/C25H37NS.C7H10/c1-18-5-8-21-19(17-18)6-9-23-22(21)11-13-25(2)20(7-10-24(23)25)12-15-27-16-14-26(3)4;1-4-6-7(3)5-2/h5,8,12,17,22-24H,6-7,9-11,13-16H2,1-4H3;4-6H,1-2H2,3H3/b20-12+;7-6-. The molecule has 0 spiro atoms. The molecule has 0 aliphatic heterocycles. The Kier molecular flexibility index (Phi) is 9.92. The Morgan fingerprint density at radius 1 is 1.18 bits per heavy atom. The fourth-order valence-electron chi connectivity index (χ4n) is 6.64. The molecule has 0 amide bonds. The van der Waals surface area contributed by atoms with Gasteiger partial charge < -0.3 is 4.90 Å². The second-order valence-corrected chi connectivity index (χ2v) is 12.2. The van der Waals surface area contributed by atoms with Crippen molar-refractivity contribution in [3.63, 3.8) is 0 Å². The van der Waals surface area contributed by atoms with E-state index in [9.17, 15) is 0 Å². The lowest BCUT2D eigenvalue weighted by molar-refractivity contribution is 0.0814. The van der Waals surface area contributed by atoms with Crippen LogP contribution >= 0.6 is 11.8 Å². The minimum Gasteiger partial charge on any atom is -0.309 e. The van der Waals surface area contributed by atoms with Crippen LogP contribution in [0.4, 0.5) is 0 Å². The number of hydrogen-bond donors (Lipinski definition) is 0. The fourth-order valence-corrected chi connectivity index (χ4v) is 7.62. The Hall–Kier alpha value is -1.51. The van der Waals surface area contributed by atoms with Gasteiger partial charge in [-0.15, -0.1) is 0 Å². The first-order chi connectivity index (χ1) is 16.3. The third-order valence-corrected chi connectivity index (χ3v) is 9.44. The van der Waals surface area contributed by atoms with Gasteiger partial charge in [0.05, 0.1) is 0 Å². The van der Waals surface area contributed by atoms with Gasteiger partial charge in [0.15, 0.2) is 0 Å². The van der Waals surface area contributed by atoms with E-state index in [0.717, 1.165) is 23.3 Å². The smallest absolute Gasteiger partial charge is 0.0116 e. The summed E-state index contributed by atoms with van der Waals surface area (Å²) < 4.78 is 0. The van der Waals surface area contributed by atoms with Crippen LogP contribution in [0.25, 0.3) is 0 Å². The number of fused-ring (bicyclic) bond motifs is 5. The number of allylic oxidation sites excluding steroid dienone is 5. The van der Waals surface area contributed by atoms with E-state index in [1.165, 1.54) is 62.1 Å². The molecule has 4 unspecified atom stereocenters. The summed E-state index contributed by atoms with van der Waals surface area (Å²) in [4.78, 5) is 2.29. The summed E-state index contributed by atoms with van der Waals surface area (Å²) in [5, 5.41) is 0. The van der Waals surface area contributed by atoms with Crippen molar-refractivity contribution in [3.05, 3.63) is 83.5 Å². The molecule has 1 aromatic rings. The highest BCUT2D eigenvalue weighted by Gasteiger charge is 2.52. The number of aryl methyl sites for hydroxylation is 2. The molecular weight excluding hydrogens is 430 g/mol. The second kappa shape index (κ2) is 12.5. The number of nitrogens with zero attached hydrogens (tertiary/aromatic N) is 1. The molecule has 0 aromatic heterocycles. The van der Waals surface area contributed by atoms with E-state index in [-0.39, 0.29) is 0 Å². The zero-order chi connectivity index (χ0) is 24.7. The van der Waals surface area contributed by atoms with Crippen LogP contribution in [0.2, 0.25) is 0 Å². The van der Waals surface area contributed by atoms with E-state index in [1.807, 2.05) is 13.0 Å². The highest BCUT2D eigenvalue weighted by molar-refractivity contribution is 7.99. The Balaban J connectivity index is 0.000000406. The maximum absolute atomic E-state index is 3.56. The Bertz CT molecular complexity index is 908. The van der Waals surface area contributed by atoms with Crippen LogP contribution in [0.1, 0.15) is 68.6 Å². The summed E-state index contributed by atoms with van der Waals surface area (Å²) in [5.74, 6) is 5.13. The lowest BCUT2D eigenvalue weighted by Gasteiger charge is -2.49. The molecule has 4 atom stereocenters. The molecule has 4 rings (SSSR count). The average molecular weight is 478 g/mol. The zero-order valence-corrected chi connectivity index (χ0v) is 23.2. The average Bonchev–Trinajstić information content (AvgIpc) is 3.15. The minimum absolute atomic E-state index is 0.492. The second-order valence-electron chi connectivity index (χ2n) is 11.1. The van der Waals surface area contributed by atoms with Gasteiger partial charge in [0, 0.05) is 18.1 Å². The Morgan fingerprint density at radius 3 is 2.65 bits per heavy atom. The van der Waals surface area contributed by atoms with E-state index in [4.69, 9.17) is 0 Å².